The second-order valence-electron chi connectivity index (χ2n) is 5.41. The fraction of sp³-hybridized carbons (Fsp3) is 0.833. The number of amides is 1. The molecule has 0 aliphatic carbocycles. The van der Waals surface area contributed by atoms with Crippen LogP contribution in [0.3, 0.4) is 0 Å². The molecule has 9 heteroatoms. The summed E-state index contributed by atoms with van der Waals surface area (Å²) in [5.74, 6) is 0.870. The highest BCUT2D eigenvalue weighted by molar-refractivity contribution is 7.98. The van der Waals surface area contributed by atoms with E-state index in [-0.39, 0.29) is 18.0 Å². The SMILES string of the molecule is CSCC[C@H]1NC(=S)N([C@H]2CCCN(S(C)(=O)=O)C2)C1=O. The minimum Gasteiger partial charge on any atom is -0.350 e. The second kappa shape index (κ2) is 6.80. The van der Waals surface area contributed by atoms with Gasteiger partial charge in [0.15, 0.2) is 5.11 Å². The standard InChI is InChI=1S/C12H21N3O3S3/c1-20-7-5-10-11(16)15(12(19)13-10)9-4-3-6-14(8-9)21(2,17)18/h9-10H,3-8H2,1-2H3,(H,13,19)/t9-,10+/m0/s1. The normalized spacial score (nSPS) is 28.0. The number of thioether (sulfide) groups is 1. The predicted molar refractivity (Wildman–Crippen MR) is 88.8 cm³/mol. The largest absolute Gasteiger partial charge is 0.350 e. The van der Waals surface area contributed by atoms with Crippen LogP contribution in [-0.2, 0) is 14.8 Å². The van der Waals surface area contributed by atoms with Crippen molar-refractivity contribution < 1.29 is 13.2 Å². The number of nitrogens with one attached hydrogen (secondary N) is 1. The lowest BCUT2D eigenvalue weighted by molar-refractivity contribution is -0.129. The molecule has 2 aliphatic rings. The van der Waals surface area contributed by atoms with Crippen LogP contribution in [0, 0.1) is 0 Å². The molecular weight excluding hydrogens is 330 g/mol. The van der Waals surface area contributed by atoms with Gasteiger partial charge in [0.1, 0.15) is 6.04 Å². The quantitative estimate of drug-likeness (QED) is 0.716. The van der Waals surface area contributed by atoms with Gasteiger partial charge >= 0.3 is 0 Å². The molecule has 0 aromatic rings. The Kier molecular flexibility index (Phi) is 5.50. The van der Waals surface area contributed by atoms with Crippen LogP contribution < -0.4 is 5.32 Å². The highest BCUT2D eigenvalue weighted by atomic mass is 32.2. The zero-order valence-corrected chi connectivity index (χ0v) is 14.7. The first-order valence-electron chi connectivity index (χ1n) is 6.92. The molecule has 1 N–H and O–H groups in total. The van der Waals surface area contributed by atoms with Gasteiger partial charge in [0, 0.05) is 13.1 Å². The molecule has 0 radical (unpaired) electrons. The minimum atomic E-state index is -3.22. The van der Waals surface area contributed by atoms with E-state index in [1.54, 1.807) is 16.7 Å². The van der Waals surface area contributed by atoms with Crippen LogP contribution in [0.4, 0.5) is 0 Å². The Balaban J connectivity index is 2.07. The molecule has 0 unspecified atom stereocenters. The summed E-state index contributed by atoms with van der Waals surface area (Å²) in [6.07, 6.45) is 5.48. The maximum absolute atomic E-state index is 12.5. The predicted octanol–water partition coefficient (Wildman–Crippen LogP) is 0.249. The van der Waals surface area contributed by atoms with Gasteiger partial charge in [-0.15, -0.1) is 0 Å². The smallest absolute Gasteiger partial charge is 0.251 e. The number of carbonyl (C=O) groups excluding carboxylic acids is 1. The van der Waals surface area contributed by atoms with Gasteiger partial charge in [-0.25, -0.2) is 12.7 Å². The fourth-order valence-electron chi connectivity index (χ4n) is 2.76. The van der Waals surface area contributed by atoms with Gasteiger partial charge in [-0.2, -0.15) is 11.8 Å². The zero-order valence-electron chi connectivity index (χ0n) is 12.2. The van der Waals surface area contributed by atoms with E-state index >= 15 is 0 Å². The number of rotatable bonds is 5. The summed E-state index contributed by atoms with van der Waals surface area (Å²) in [4.78, 5) is 14.1. The van der Waals surface area contributed by atoms with Gasteiger partial charge in [0.05, 0.1) is 12.3 Å². The van der Waals surface area contributed by atoms with Gasteiger partial charge < -0.3 is 5.32 Å². The molecule has 0 spiro atoms. The molecule has 2 rings (SSSR count). The lowest BCUT2D eigenvalue weighted by Crippen LogP contribution is -2.51. The summed E-state index contributed by atoms with van der Waals surface area (Å²) in [5, 5.41) is 3.50. The molecule has 0 bridgehead atoms. The van der Waals surface area contributed by atoms with Crippen molar-refractivity contribution >= 4 is 45.0 Å². The van der Waals surface area contributed by atoms with Crippen molar-refractivity contribution in [1.82, 2.24) is 14.5 Å². The van der Waals surface area contributed by atoms with Gasteiger partial charge in [0.25, 0.3) is 5.91 Å². The number of thiocarbonyl (C=S) groups is 1. The second-order valence-corrected chi connectivity index (χ2v) is 8.76. The summed E-state index contributed by atoms with van der Waals surface area (Å²) >= 11 is 6.97. The summed E-state index contributed by atoms with van der Waals surface area (Å²) < 4.78 is 24.8. The zero-order chi connectivity index (χ0) is 15.6. The van der Waals surface area contributed by atoms with E-state index in [1.807, 2.05) is 6.26 Å². The number of piperidine rings is 1. The fourth-order valence-corrected chi connectivity index (χ4v) is 4.51. The average Bonchev–Trinajstić information content (AvgIpc) is 2.70. The van der Waals surface area contributed by atoms with E-state index < -0.39 is 10.0 Å². The van der Waals surface area contributed by atoms with Crippen LogP contribution >= 0.6 is 24.0 Å². The number of hydrogen-bond acceptors (Lipinski definition) is 5. The molecule has 6 nitrogen and oxygen atoms in total. The van der Waals surface area contributed by atoms with Crippen molar-refractivity contribution in [3.8, 4) is 0 Å². The van der Waals surface area contributed by atoms with E-state index in [9.17, 15) is 13.2 Å². The lowest BCUT2D eigenvalue weighted by Gasteiger charge is -2.35. The number of nitrogens with zero attached hydrogens (tertiary/aromatic N) is 2. The third kappa shape index (κ3) is 3.88. The van der Waals surface area contributed by atoms with Crippen LogP contribution in [0.5, 0.6) is 0 Å². The molecule has 21 heavy (non-hydrogen) atoms. The van der Waals surface area contributed by atoms with Crippen LogP contribution in [-0.4, -0.2) is 72.1 Å². The van der Waals surface area contributed by atoms with Crippen LogP contribution in [0.1, 0.15) is 19.3 Å². The number of carbonyl (C=O) groups is 1. The first kappa shape index (κ1) is 17.0. The Morgan fingerprint density at radius 2 is 2.19 bits per heavy atom. The van der Waals surface area contributed by atoms with E-state index in [1.165, 1.54) is 10.6 Å². The Morgan fingerprint density at radius 1 is 1.48 bits per heavy atom. The highest BCUT2D eigenvalue weighted by Gasteiger charge is 2.41. The molecule has 0 aromatic carbocycles. The summed E-state index contributed by atoms with van der Waals surface area (Å²) in [7, 11) is -3.22. The highest BCUT2D eigenvalue weighted by Crippen LogP contribution is 2.22. The molecule has 0 saturated carbocycles. The van der Waals surface area contributed by atoms with Crippen LogP contribution in [0.15, 0.2) is 0 Å². The molecule has 2 aliphatic heterocycles. The number of hydrogen-bond donors (Lipinski definition) is 1. The summed E-state index contributed by atoms with van der Waals surface area (Å²) in [6.45, 7) is 0.856. The van der Waals surface area contributed by atoms with Gasteiger partial charge in [-0.1, -0.05) is 0 Å². The van der Waals surface area contributed by atoms with Crippen LogP contribution in [0.25, 0.3) is 0 Å². The Labute approximate surface area is 135 Å². The van der Waals surface area contributed by atoms with E-state index in [0.29, 0.717) is 18.2 Å². The molecule has 0 aromatic heterocycles. The Morgan fingerprint density at radius 3 is 2.81 bits per heavy atom. The van der Waals surface area contributed by atoms with Crippen molar-refractivity contribution in [3.05, 3.63) is 0 Å². The molecule has 2 heterocycles. The maximum Gasteiger partial charge on any atom is 0.251 e. The van der Waals surface area contributed by atoms with Crippen molar-refractivity contribution in [2.45, 2.75) is 31.3 Å². The number of sulfonamides is 1. The molecule has 2 saturated heterocycles. The third-order valence-electron chi connectivity index (χ3n) is 3.86. The lowest BCUT2D eigenvalue weighted by atomic mass is 10.1. The van der Waals surface area contributed by atoms with Gasteiger partial charge in [0.2, 0.25) is 10.0 Å². The van der Waals surface area contributed by atoms with Crippen molar-refractivity contribution in [2.24, 2.45) is 0 Å². The first-order chi connectivity index (χ1) is 9.84. The first-order valence-corrected chi connectivity index (χ1v) is 10.6. The summed E-state index contributed by atoms with van der Waals surface area (Å²) in [5.41, 5.74) is 0. The van der Waals surface area contributed by atoms with E-state index in [2.05, 4.69) is 5.32 Å². The van der Waals surface area contributed by atoms with E-state index in [0.717, 1.165) is 25.0 Å². The van der Waals surface area contributed by atoms with E-state index in [4.69, 9.17) is 12.2 Å². The molecular formula is C12H21N3O3S3. The topological polar surface area (TPSA) is 69.7 Å². The molecule has 1 amide bonds. The minimum absolute atomic E-state index is 0.0191. The summed E-state index contributed by atoms with van der Waals surface area (Å²) in [6, 6.07) is -0.418. The Hall–Kier alpha value is -0.380. The molecule has 120 valence electrons. The third-order valence-corrected chi connectivity index (χ3v) is 6.08. The molecule has 2 atom stereocenters. The Bertz CT molecular complexity index is 523. The van der Waals surface area contributed by atoms with Gasteiger partial charge in [-0.05, 0) is 43.5 Å². The van der Waals surface area contributed by atoms with Crippen molar-refractivity contribution in [3.63, 3.8) is 0 Å². The average molecular weight is 352 g/mol. The maximum atomic E-state index is 12.5. The van der Waals surface area contributed by atoms with Gasteiger partial charge in [-0.3, -0.25) is 9.69 Å². The van der Waals surface area contributed by atoms with Crippen LogP contribution in [0.2, 0.25) is 0 Å². The monoisotopic (exact) mass is 351 g/mol. The van der Waals surface area contributed by atoms with Crippen molar-refractivity contribution in [2.75, 3.05) is 31.4 Å². The van der Waals surface area contributed by atoms with Crippen molar-refractivity contribution in [1.29, 1.82) is 0 Å². The molecule has 2 fully saturated rings.